The molecule has 3 aliphatic rings. The molecule has 7 aromatic heterocycles. The number of pyridine rings is 5. The van der Waals surface area contributed by atoms with Gasteiger partial charge in [-0.05, 0) is 72.9 Å². The van der Waals surface area contributed by atoms with E-state index in [2.05, 4.69) is 81.0 Å². The summed E-state index contributed by atoms with van der Waals surface area (Å²) >= 11 is 38.4. The first-order valence-electron chi connectivity index (χ1n) is 32.7. The van der Waals surface area contributed by atoms with E-state index in [9.17, 15) is 58.4 Å². The largest absolute Gasteiger partial charge is 0.417 e. The third-order valence-corrected chi connectivity index (χ3v) is 18.5. The fourth-order valence-electron chi connectivity index (χ4n) is 9.08. The first kappa shape index (κ1) is 96.1. The first-order valence-corrected chi connectivity index (χ1v) is 37.6. The molecule has 39 nitrogen and oxygen atoms in total. The second kappa shape index (κ2) is 51.4. The number of aliphatic imine (C=N–C) groups is 2. The van der Waals surface area contributed by atoms with E-state index < -0.39 is 43.2 Å². The summed E-state index contributed by atoms with van der Waals surface area (Å²) in [6.07, 6.45) is 12.8. The van der Waals surface area contributed by atoms with E-state index in [-0.39, 0.29) is 31.9 Å². The van der Waals surface area contributed by atoms with Gasteiger partial charge in [-0.1, -0.05) is 106 Å². The van der Waals surface area contributed by atoms with Crippen LogP contribution in [0.4, 0.5) is 13.2 Å². The normalized spacial score (nSPS) is 14.1. The summed E-state index contributed by atoms with van der Waals surface area (Å²) in [6, 6.07) is 16.7. The van der Waals surface area contributed by atoms with Gasteiger partial charge in [0.25, 0.3) is 24.0 Å². The van der Waals surface area contributed by atoms with Crippen LogP contribution in [0.15, 0.2) is 141 Å². The Morgan fingerprint density at radius 2 is 1.28 bits per heavy atom. The van der Waals surface area contributed by atoms with E-state index in [1.807, 2.05) is 59.5 Å². The number of nitrogens with zero attached hydrogens (tertiary/aromatic N) is 25. The summed E-state index contributed by atoms with van der Waals surface area (Å²) in [4.78, 5) is 99.5. The maximum absolute atomic E-state index is 12.5. The van der Waals surface area contributed by atoms with Crippen LogP contribution >= 0.6 is 104 Å². The highest BCUT2D eigenvalue weighted by atomic mass is 35.5. The molecule has 0 aromatic carbocycles. The van der Waals surface area contributed by atoms with Gasteiger partial charge in [0, 0.05) is 152 Å². The number of thioether (sulfide) groups is 1. The van der Waals surface area contributed by atoms with Crippen molar-refractivity contribution in [2.24, 2.45) is 25.3 Å². The summed E-state index contributed by atoms with van der Waals surface area (Å²) in [7, 11) is 6.79. The fourth-order valence-corrected chi connectivity index (χ4v) is 12.4. The molecule has 3 fully saturated rings. The molecule has 0 radical (unpaired) electrons. The van der Waals surface area contributed by atoms with E-state index in [4.69, 9.17) is 90.1 Å². The minimum atomic E-state index is -4.62. The van der Waals surface area contributed by atoms with E-state index in [0.717, 1.165) is 74.6 Å². The van der Waals surface area contributed by atoms with Crippen LogP contribution in [-0.2, 0) is 50.1 Å². The van der Waals surface area contributed by atoms with Crippen LogP contribution in [0, 0.1) is 74.7 Å². The van der Waals surface area contributed by atoms with Crippen molar-refractivity contribution < 1.29 is 42.7 Å². The number of ether oxygens (including phenoxy) is 1. The Balaban J connectivity index is 0.000000283. The molecule has 0 bridgehead atoms. The average Bonchev–Trinajstić information content (AvgIpc) is 1.24. The highest BCUT2D eigenvalue weighted by molar-refractivity contribution is 8.14. The number of nitrogens with one attached hydrogen (secondary N) is 4. The number of aryl methyl sites for hydroxylation is 1. The van der Waals surface area contributed by atoms with Crippen molar-refractivity contribution in [1.29, 1.82) is 15.8 Å². The zero-order valence-electron chi connectivity index (χ0n) is 61.4. The topological polar surface area (TPSA) is 490 Å². The lowest BCUT2D eigenvalue weighted by Crippen LogP contribution is -2.49. The lowest BCUT2D eigenvalue weighted by atomic mass is 10.1. The zero-order valence-corrected chi connectivity index (χ0v) is 68.4. The standard InChI is InChI=1S/C11H15ClN4O2.C10H9ClN4S.C10H11ClN4.C9H10ClN5O2.C9H6F3N3O.C8H10ClN5O3S.C7H9ClN4O2S/c1-3-15(11(13-2)8-16(17)18)7-9-4-5-10(12)14-6-9;11-9-2-1-8(5-13-9)6-15-3-4-16-10(15)14-7-12;1-8(14-7-12)15(2)6-9-3-4-10(11)13-5-9;10-8-2-1-7(5-12-8)6-14-4-3-11-9(14)13-15(16)17;10-9(11,12)7-1-3-14-5-6(7)8(16)15-4-2-13;1-12-4-17-5-13(8(12)11-14(15)16)3-6-2-10-7(9)18-6;1-9-6(11-12(13)14)3-2-5-4-10-7(8)15-5/h4-6,8,13H,3,7H2,1-2H3;1-2,5H,3-4,6H2;3-5H,6H2,1-2H3;1-2,5H,3-4,6H2,(H,11,13);1,3,5H,4H2,(H,15,16);2H,3-5H2,1H3;4H,2-3H2,1H3,(H,9,11)/b11-8+;;;;;11-8+;. The maximum atomic E-state index is 12.5. The Labute approximate surface area is 697 Å². The molecule has 115 heavy (non-hydrogen) atoms. The Bertz CT molecular complexity index is 4640. The Morgan fingerprint density at radius 1 is 0.713 bits per heavy atom. The van der Waals surface area contributed by atoms with Crippen molar-refractivity contribution in [2.45, 2.75) is 65.6 Å². The molecular formula is C64H70Cl6F3N29O10S3. The summed E-state index contributed by atoms with van der Waals surface area (Å²) in [5, 5.41) is 87.3. The van der Waals surface area contributed by atoms with Crippen molar-refractivity contribution in [3.05, 3.63) is 229 Å². The Kier molecular flexibility index (Phi) is 43.0. The van der Waals surface area contributed by atoms with Gasteiger partial charge >= 0.3 is 6.18 Å². The average molecular weight is 1770 g/mol. The minimum Gasteiger partial charge on any atom is -0.372 e. The number of amidine groups is 3. The molecule has 3 saturated heterocycles. The number of rotatable bonds is 22. The molecule has 1 amide bonds. The number of hydrogen-bond donors (Lipinski definition) is 4. The molecule has 0 saturated carbocycles. The second-order valence-corrected chi connectivity index (χ2v) is 28.4. The third kappa shape index (κ3) is 37.5. The molecule has 51 heteroatoms. The first-order chi connectivity index (χ1) is 54.8. The van der Waals surface area contributed by atoms with Crippen molar-refractivity contribution in [2.75, 3.05) is 80.1 Å². The van der Waals surface area contributed by atoms with Crippen LogP contribution in [0.1, 0.15) is 68.2 Å². The molecule has 4 N–H and O–H groups in total. The van der Waals surface area contributed by atoms with Gasteiger partial charge in [0.2, 0.25) is 12.4 Å². The molecule has 10 rings (SSSR count). The van der Waals surface area contributed by atoms with Crippen LogP contribution in [0.3, 0.4) is 0 Å². The van der Waals surface area contributed by atoms with E-state index in [1.165, 1.54) is 22.7 Å². The number of guanidine groups is 2. The number of thiazole rings is 2. The number of nitro groups is 4. The molecule has 0 atom stereocenters. The lowest BCUT2D eigenvalue weighted by molar-refractivity contribution is -0.486. The van der Waals surface area contributed by atoms with Gasteiger partial charge in [0.05, 0.1) is 33.8 Å². The predicted molar refractivity (Wildman–Crippen MR) is 428 cm³/mol. The summed E-state index contributed by atoms with van der Waals surface area (Å²) in [6.45, 7) is 9.58. The molecular weight excluding hydrogens is 1700 g/mol. The van der Waals surface area contributed by atoms with Crippen molar-refractivity contribution in [3.8, 4) is 18.5 Å². The molecule has 0 unspecified atom stereocenters. The number of nitriles is 3. The monoisotopic (exact) mass is 1770 g/mol. The minimum absolute atomic E-state index is 0.243. The number of amides is 1. The van der Waals surface area contributed by atoms with Crippen LogP contribution in [0.5, 0.6) is 0 Å². The maximum Gasteiger partial charge on any atom is 0.417 e. The van der Waals surface area contributed by atoms with Gasteiger partial charge in [0.1, 0.15) is 56.7 Å². The van der Waals surface area contributed by atoms with Crippen LogP contribution in [-0.4, -0.2) is 199 Å². The van der Waals surface area contributed by atoms with Crippen molar-refractivity contribution >= 4 is 139 Å². The summed E-state index contributed by atoms with van der Waals surface area (Å²) < 4.78 is 43.6. The number of carbonyl (C=O) groups is 1. The van der Waals surface area contributed by atoms with Crippen LogP contribution < -0.4 is 21.3 Å². The Hall–Kier alpha value is -11.3. The third-order valence-electron chi connectivity index (χ3n) is 14.3. The summed E-state index contributed by atoms with van der Waals surface area (Å²) in [5.41, 5.74) is 2.29. The number of hydrogen-bond acceptors (Lipinski definition) is 27. The number of carbonyl (C=O) groups excluding carboxylic acids is 1. The zero-order chi connectivity index (χ0) is 85.0. The predicted octanol–water partition coefficient (Wildman–Crippen LogP) is 10.6. The molecule has 0 spiro atoms. The summed E-state index contributed by atoms with van der Waals surface area (Å²) in [5.74, 6) is 2.01. The number of hydrazone groups is 3. The lowest BCUT2D eigenvalue weighted by Gasteiger charge is -2.34. The second-order valence-electron chi connectivity index (χ2n) is 22.4. The van der Waals surface area contributed by atoms with Gasteiger partial charge in [-0.3, -0.25) is 19.9 Å². The molecule has 612 valence electrons. The van der Waals surface area contributed by atoms with Crippen molar-refractivity contribution in [1.82, 2.24) is 85.6 Å². The van der Waals surface area contributed by atoms with Crippen molar-refractivity contribution in [3.63, 3.8) is 0 Å². The van der Waals surface area contributed by atoms with Crippen LogP contribution in [0.25, 0.3) is 0 Å². The van der Waals surface area contributed by atoms with Gasteiger partial charge in [-0.2, -0.15) is 33.9 Å². The number of aromatic nitrogens is 7. The quantitative estimate of drug-likeness (QED) is 0.00931. The fraction of sp³-hybridized carbons (Fsp3) is 0.344. The van der Waals surface area contributed by atoms with E-state index >= 15 is 0 Å². The van der Waals surface area contributed by atoms with Gasteiger partial charge in [-0.15, -0.1) is 27.7 Å². The molecule has 0 aliphatic carbocycles. The van der Waals surface area contributed by atoms with Gasteiger partial charge in [-0.25, -0.2) is 60.2 Å². The Morgan fingerprint density at radius 3 is 1.76 bits per heavy atom. The van der Waals surface area contributed by atoms with Gasteiger partial charge < -0.3 is 55.4 Å². The molecule has 7 aromatic rings. The van der Waals surface area contributed by atoms with Crippen LogP contribution in [0.2, 0.25) is 29.5 Å². The highest BCUT2D eigenvalue weighted by Gasteiger charge is 2.35. The highest BCUT2D eigenvalue weighted by Crippen LogP contribution is 2.32. The molecule has 10 heterocycles. The SMILES string of the molecule is CC(=NC#N)N(C)Cc1ccc(Cl)nc1.CCN(Cc1ccc(Cl)nc1)/C(=C/[N+](=O)[O-])NC.CN/C(CCc1cnc(Cl)s1)=N\[N+](=O)[O-].CN1COCN(Cc2cnc(Cl)s2)/C1=N/[N+](=O)[O-].N#CCNC(=O)c1cnccc1C(F)(F)F.N#CN=C1SCCN1Cc1ccc(Cl)nc1.O=[N+]([O-])/N=C1\NCCN1Cc1ccc(Cl)nc1. The number of halogens is 9. The smallest absolute Gasteiger partial charge is 0.372 e. The van der Waals surface area contributed by atoms with Gasteiger partial charge in [0.15, 0.2) is 40.9 Å². The molecule has 3 aliphatic heterocycles. The number of alkyl halides is 3. The van der Waals surface area contributed by atoms with E-state index in [0.29, 0.717) is 112 Å². The van der Waals surface area contributed by atoms with E-state index in [1.54, 1.807) is 128 Å².